The molecule has 1 fully saturated rings. The first-order valence-electron chi connectivity index (χ1n) is 7.07. The smallest absolute Gasteiger partial charge is 0.419 e. The SMILES string of the molecule is C[C@@H]1[C@H](C(=O)O)CCCN1S(=O)(=O)c1ccc(F)c(C(F)(F)F)c1. The quantitative estimate of drug-likeness (QED) is 0.832. The number of benzene rings is 1. The van der Waals surface area contributed by atoms with Crippen molar-refractivity contribution in [2.75, 3.05) is 6.54 Å². The first-order valence-corrected chi connectivity index (χ1v) is 8.51. The van der Waals surface area contributed by atoms with E-state index in [1.54, 1.807) is 0 Å². The molecule has 134 valence electrons. The second-order valence-electron chi connectivity index (χ2n) is 5.58. The van der Waals surface area contributed by atoms with Gasteiger partial charge in [0.25, 0.3) is 0 Å². The van der Waals surface area contributed by atoms with Gasteiger partial charge >= 0.3 is 12.1 Å². The van der Waals surface area contributed by atoms with Gasteiger partial charge in [0.1, 0.15) is 5.82 Å². The molecular weight excluding hydrogens is 354 g/mol. The fraction of sp³-hybridized carbons (Fsp3) is 0.500. The molecule has 0 unspecified atom stereocenters. The van der Waals surface area contributed by atoms with Gasteiger partial charge < -0.3 is 5.11 Å². The van der Waals surface area contributed by atoms with Gasteiger partial charge in [-0.2, -0.15) is 17.5 Å². The summed E-state index contributed by atoms with van der Waals surface area (Å²) in [5, 5.41) is 9.13. The maximum Gasteiger partial charge on any atom is 0.419 e. The Kier molecular flexibility index (Phi) is 4.91. The highest BCUT2D eigenvalue weighted by molar-refractivity contribution is 7.89. The summed E-state index contributed by atoms with van der Waals surface area (Å²) in [6, 6.07) is 0.512. The van der Waals surface area contributed by atoms with Gasteiger partial charge in [-0.05, 0) is 38.0 Å². The lowest BCUT2D eigenvalue weighted by molar-refractivity contribution is -0.144. The number of hydrogen-bond acceptors (Lipinski definition) is 3. The van der Waals surface area contributed by atoms with Crippen LogP contribution in [0.1, 0.15) is 25.3 Å². The van der Waals surface area contributed by atoms with Crippen LogP contribution < -0.4 is 0 Å². The number of halogens is 4. The van der Waals surface area contributed by atoms with Crippen molar-refractivity contribution in [1.82, 2.24) is 4.31 Å². The molecule has 1 aromatic carbocycles. The molecule has 0 radical (unpaired) electrons. The zero-order valence-electron chi connectivity index (χ0n) is 12.5. The lowest BCUT2D eigenvalue weighted by atomic mass is 9.92. The zero-order valence-corrected chi connectivity index (χ0v) is 13.4. The van der Waals surface area contributed by atoms with E-state index < -0.39 is 50.4 Å². The van der Waals surface area contributed by atoms with E-state index in [0.717, 1.165) is 10.4 Å². The van der Waals surface area contributed by atoms with Gasteiger partial charge in [0, 0.05) is 12.6 Å². The fourth-order valence-corrected chi connectivity index (χ4v) is 4.53. The largest absolute Gasteiger partial charge is 0.481 e. The highest BCUT2D eigenvalue weighted by Crippen LogP contribution is 2.35. The number of carboxylic acids is 1. The molecule has 1 aromatic rings. The van der Waals surface area contributed by atoms with Crippen molar-refractivity contribution < 1.29 is 35.9 Å². The average Bonchev–Trinajstić information content (AvgIpc) is 2.45. The van der Waals surface area contributed by atoms with Gasteiger partial charge in [-0.25, -0.2) is 12.8 Å². The number of sulfonamides is 1. The molecule has 2 rings (SSSR count). The van der Waals surface area contributed by atoms with Crippen LogP contribution in [-0.4, -0.2) is 36.4 Å². The standard InChI is InChI=1S/C14H15F4NO4S/c1-8-10(13(20)21)3-2-6-19(8)24(22,23)9-4-5-12(15)11(7-9)14(16,17)18/h4-5,7-8,10H,2-3,6H2,1H3,(H,20,21)/t8-,10-/m1/s1. The Bertz CT molecular complexity index is 748. The lowest BCUT2D eigenvalue weighted by Crippen LogP contribution is -2.49. The molecule has 1 aliphatic rings. The molecule has 1 aliphatic heterocycles. The first-order chi connectivity index (χ1) is 11.0. The van der Waals surface area contributed by atoms with Crippen LogP contribution in [-0.2, 0) is 21.0 Å². The average molecular weight is 369 g/mol. The van der Waals surface area contributed by atoms with Crippen molar-refractivity contribution in [2.45, 2.75) is 36.9 Å². The van der Waals surface area contributed by atoms with Crippen molar-refractivity contribution in [3.05, 3.63) is 29.6 Å². The molecule has 0 saturated carbocycles. The molecular formula is C14H15F4NO4S. The zero-order chi connectivity index (χ0) is 18.3. The van der Waals surface area contributed by atoms with Crippen LogP contribution in [0.2, 0.25) is 0 Å². The van der Waals surface area contributed by atoms with Gasteiger partial charge in [-0.15, -0.1) is 0 Å². The Balaban J connectivity index is 2.46. The van der Waals surface area contributed by atoms with Crippen LogP contribution in [0, 0.1) is 11.7 Å². The third-order valence-electron chi connectivity index (χ3n) is 4.10. The Labute approximate surface area is 135 Å². The van der Waals surface area contributed by atoms with E-state index in [1.165, 1.54) is 6.92 Å². The summed E-state index contributed by atoms with van der Waals surface area (Å²) < 4.78 is 77.7. The maximum absolute atomic E-state index is 13.3. The third-order valence-corrected chi connectivity index (χ3v) is 6.08. The Hall–Kier alpha value is -1.68. The van der Waals surface area contributed by atoms with Gasteiger partial charge in [-0.1, -0.05) is 0 Å². The first kappa shape index (κ1) is 18.7. The number of carboxylic acid groups (broad SMARTS) is 1. The number of carbonyl (C=O) groups is 1. The van der Waals surface area contributed by atoms with Crippen molar-refractivity contribution in [2.24, 2.45) is 5.92 Å². The second kappa shape index (κ2) is 6.32. The Morgan fingerprint density at radius 1 is 1.33 bits per heavy atom. The molecule has 0 aromatic heterocycles. The Morgan fingerprint density at radius 2 is 1.96 bits per heavy atom. The molecule has 0 bridgehead atoms. The van der Waals surface area contributed by atoms with E-state index >= 15 is 0 Å². The van der Waals surface area contributed by atoms with Crippen molar-refractivity contribution >= 4 is 16.0 Å². The van der Waals surface area contributed by atoms with E-state index in [-0.39, 0.29) is 25.5 Å². The van der Waals surface area contributed by atoms with Gasteiger partial charge in [0.05, 0.1) is 16.4 Å². The van der Waals surface area contributed by atoms with Crippen molar-refractivity contribution in [3.63, 3.8) is 0 Å². The lowest BCUT2D eigenvalue weighted by Gasteiger charge is -2.36. The molecule has 24 heavy (non-hydrogen) atoms. The topological polar surface area (TPSA) is 74.7 Å². The molecule has 0 spiro atoms. The summed E-state index contributed by atoms with van der Waals surface area (Å²) in [5.74, 6) is -3.69. The highest BCUT2D eigenvalue weighted by atomic mass is 32.2. The molecule has 1 saturated heterocycles. The van der Waals surface area contributed by atoms with Gasteiger partial charge in [-0.3, -0.25) is 4.79 Å². The molecule has 1 heterocycles. The van der Waals surface area contributed by atoms with Crippen LogP contribution in [0.4, 0.5) is 17.6 Å². The van der Waals surface area contributed by atoms with Gasteiger partial charge in [0.15, 0.2) is 0 Å². The number of hydrogen-bond donors (Lipinski definition) is 1. The van der Waals surface area contributed by atoms with Crippen LogP contribution in [0.15, 0.2) is 23.1 Å². The normalized spacial score (nSPS) is 23.2. The molecule has 5 nitrogen and oxygen atoms in total. The summed E-state index contributed by atoms with van der Waals surface area (Å²) in [4.78, 5) is 10.5. The molecule has 0 aliphatic carbocycles. The number of nitrogens with zero attached hydrogens (tertiary/aromatic N) is 1. The number of piperidine rings is 1. The van der Waals surface area contributed by atoms with Crippen LogP contribution in [0.3, 0.4) is 0 Å². The number of rotatable bonds is 3. The second-order valence-corrected chi connectivity index (χ2v) is 7.47. The highest BCUT2D eigenvalue weighted by Gasteiger charge is 2.41. The van der Waals surface area contributed by atoms with Crippen molar-refractivity contribution in [3.8, 4) is 0 Å². The Morgan fingerprint density at radius 3 is 2.50 bits per heavy atom. The summed E-state index contributed by atoms with van der Waals surface area (Å²) in [7, 11) is -4.37. The molecule has 0 amide bonds. The molecule has 1 N–H and O–H groups in total. The van der Waals surface area contributed by atoms with Gasteiger partial charge in [0.2, 0.25) is 10.0 Å². The molecule has 10 heteroatoms. The fourth-order valence-electron chi connectivity index (χ4n) is 2.80. The maximum atomic E-state index is 13.3. The summed E-state index contributed by atoms with van der Waals surface area (Å²) in [5.41, 5.74) is -1.68. The summed E-state index contributed by atoms with van der Waals surface area (Å²) >= 11 is 0. The third kappa shape index (κ3) is 3.39. The summed E-state index contributed by atoms with van der Waals surface area (Å²) in [6.07, 6.45) is -4.49. The van der Waals surface area contributed by atoms with E-state index in [2.05, 4.69) is 0 Å². The van der Waals surface area contributed by atoms with Crippen molar-refractivity contribution in [1.29, 1.82) is 0 Å². The van der Waals surface area contributed by atoms with E-state index in [1.807, 2.05) is 0 Å². The van der Waals surface area contributed by atoms with E-state index in [0.29, 0.717) is 6.07 Å². The minimum atomic E-state index is -5.03. The predicted octanol–water partition coefficient (Wildman–Crippen LogP) is 2.72. The van der Waals surface area contributed by atoms with Crippen LogP contribution in [0.25, 0.3) is 0 Å². The number of alkyl halides is 3. The summed E-state index contributed by atoms with van der Waals surface area (Å²) in [6.45, 7) is 1.38. The predicted molar refractivity (Wildman–Crippen MR) is 75.1 cm³/mol. The van der Waals surface area contributed by atoms with Crippen LogP contribution in [0.5, 0.6) is 0 Å². The minimum Gasteiger partial charge on any atom is -0.481 e. The number of aliphatic carboxylic acids is 1. The minimum absolute atomic E-state index is 0.00793. The van der Waals surface area contributed by atoms with Crippen LogP contribution >= 0.6 is 0 Å². The van der Waals surface area contributed by atoms with E-state index in [9.17, 15) is 30.8 Å². The monoisotopic (exact) mass is 369 g/mol. The van der Waals surface area contributed by atoms with E-state index in [4.69, 9.17) is 5.11 Å². The molecule has 2 atom stereocenters.